The molecule has 11 heteroatoms. The summed E-state index contributed by atoms with van der Waals surface area (Å²) in [5, 5.41) is 11.7. The number of alkyl halides is 3. The van der Waals surface area contributed by atoms with E-state index < -0.39 is 11.9 Å². The van der Waals surface area contributed by atoms with Crippen LogP contribution < -0.4 is 9.80 Å². The summed E-state index contributed by atoms with van der Waals surface area (Å²) in [7, 11) is 0. The number of anilines is 2. The van der Waals surface area contributed by atoms with Crippen LogP contribution in [0.5, 0.6) is 0 Å². The number of rotatable bonds is 6. The molecule has 3 heterocycles. The normalized spacial score (nSPS) is 22.8. The van der Waals surface area contributed by atoms with E-state index in [2.05, 4.69) is 44.1 Å². The van der Waals surface area contributed by atoms with Gasteiger partial charge < -0.3 is 14.9 Å². The second-order valence-corrected chi connectivity index (χ2v) is 13.2. The topological polar surface area (TPSA) is 64.8 Å². The number of carbonyl (C=O) groups is 1. The predicted octanol–water partition coefficient (Wildman–Crippen LogP) is 7.00. The minimum absolute atomic E-state index is 0.161. The fraction of sp³-hybridized carbons (Fsp3) is 0.515. The quantitative estimate of drug-likeness (QED) is 0.297. The molecular formula is C33H39ClF3N5O2. The van der Waals surface area contributed by atoms with Gasteiger partial charge in [0.2, 0.25) is 0 Å². The van der Waals surface area contributed by atoms with Gasteiger partial charge in [-0.3, -0.25) is 14.4 Å². The molecule has 3 aromatic rings. The van der Waals surface area contributed by atoms with Crippen molar-refractivity contribution in [2.24, 2.45) is 11.3 Å². The van der Waals surface area contributed by atoms with Crippen molar-refractivity contribution >= 4 is 29.4 Å². The Balaban J connectivity index is 0.00000110. The maximum absolute atomic E-state index is 13.8. The van der Waals surface area contributed by atoms with Gasteiger partial charge in [0, 0.05) is 67.8 Å². The van der Waals surface area contributed by atoms with Crippen LogP contribution in [0, 0.1) is 18.3 Å². The van der Waals surface area contributed by atoms with E-state index in [1.54, 1.807) is 0 Å². The summed E-state index contributed by atoms with van der Waals surface area (Å²) >= 11 is 6.45. The molecule has 2 aliphatic heterocycles. The Labute approximate surface area is 261 Å². The Bertz CT molecular complexity index is 1470. The summed E-state index contributed by atoms with van der Waals surface area (Å²) < 4.78 is 42.7. The van der Waals surface area contributed by atoms with Crippen molar-refractivity contribution < 1.29 is 23.1 Å². The van der Waals surface area contributed by atoms with Gasteiger partial charge in [0.05, 0.1) is 12.2 Å². The van der Waals surface area contributed by atoms with Crippen LogP contribution in [0.1, 0.15) is 49.4 Å². The zero-order chi connectivity index (χ0) is 31.1. The van der Waals surface area contributed by atoms with E-state index in [1.165, 1.54) is 49.3 Å². The molecule has 2 aromatic carbocycles. The molecule has 2 unspecified atom stereocenters. The highest BCUT2D eigenvalue weighted by Crippen LogP contribution is 2.70. The predicted molar refractivity (Wildman–Crippen MR) is 166 cm³/mol. The SMILES string of the molecule is Cc1cnn(C2CCCN(c3cc(Cl)ccc3-c3ccc(N4CCN(CC5CC56CC6)CC4)cc3)C2)c1C(F)(F)F.O=CO. The van der Waals surface area contributed by atoms with E-state index >= 15 is 0 Å². The molecule has 7 nitrogen and oxygen atoms in total. The van der Waals surface area contributed by atoms with Gasteiger partial charge in [0.25, 0.3) is 6.47 Å². The first-order valence-corrected chi connectivity index (χ1v) is 15.8. The van der Waals surface area contributed by atoms with Crippen LogP contribution >= 0.6 is 11.6 Å². The minimum atomic E-state index is -4.44. The number of aryl methyl sites for hydroxylation is 1. The minimum Gasteiger partial charge on any atom is -0.483 e. The second-order valence-electron chi connectivity index (χ2n) is 12.7. The molecule has 236 valence electrons. The second kappa shape index (κ2) is 12.3. The van der Waals surface area contributed by atoms with Crippen LogP contribution in [-0.4, -0.2) is 72.1 Å². The smallest absolute Gasteiger partial charge is 0.433 e. The summed E-state index contributed by atoms with van der Waals surface area (Å²) in [4.78, 5) is 15.7. The van der Waals surface area contributed by atoms with Gasteiger partial charge in [-0.25, -0.2) is 0 Å². The summed E-state index contributed by atoms with van der Waals surface area (Å²) in [6, 6.07) is 14.2. The molecule has 0 bridgehead atoms. The Morgan fingerprint density at radius 3 is 2.39 bits per heavy atom. The highest BCUT2D eigenvalue weighted by atomic mass is 35.5. The number of piperidine rings is 1. The summed E-state index contributed by atoms with van der Waals surface area (Å²) in [6.45, 7) is 8.05. The molecule has 7 rings (SSSR count). The molecule has 2 saturated heterocycles. The van der Waals surface area contributed by atoms with Crippen LogP contribution in [0.25, 0.3) is 11.1 Å². The highest BCUT2D eigenvalue weighted by Gasteiger charge is 2.62. The van der Waals surface area contributed by atoms with E-state index in [0.717, 1.165) is 67.3 Å². The largest absolute Gasteiger partial charge is 0.483 e. The number of carboxylic acid groups (broad SMARTS) is 1. The number of aromatic nitrogens is 2. The number of benzene rings is 2. The number of piperazine rings is 1. The highest BCUT2D eigenvalue weighted by molar-refractivity contribution is 6.31. The van der Waals surface area contributed by atoms with Gasteiger partial charge in [0.15, 0.2) is 0 Å². The van der Waals surface area contributed by atoms with E-state index in [9.17, 15) is 13.2 Å². The number of halogens is 4. The van der Waals surface area contributed by atoms with E-state index in [0.29, 0.717) is 18.0 Å². The zero-order valence-electron chi connectivity index (χ0n) is 24.9. The third-order valence-corrected chi connectivity index (χ3v) is 10.2. The molecule has 2 saturated carbocycles. The van der Waals surface area contributed by atoms with E-state index in [4.69, 9.17) is 21.5 Å². The van der Waals surface area contributed by atoms with Gasteiger partial charge in [0.1, 0.15) is 5.69 Å². The molecular weight excluding hydrogens is 591 g/mol. The molecule has 1 aromatic heterocycles. The summed E-state index contributed by atoms with van der Waals surface area (Å²) in [6.07, 6.45) is 2.69. The molecule has 1 N–H and O–H groups in total. The first-order valence-electron chi connectivity index (χ1n) is 15.4. The molecule has 1 spiro atoms. The van der Waals surface area contributed by atoms with Crippen molar-refractivity contribution in [2.75, 3.05) is 55.6 Å². The van der Waals surface area contributed by atoms with E-state index in [1.807, 2.05) is 18.2 Å². The van der Waals surface area contributed by atoms with Crippen molar-refractivity contribution in [3.05, 3.63) is 64.9 Å². The van der Waals surface area contributed by atoms with Crippen molar-refractivity contribution in [1.82, 2.24) is 14.7 Å². The first-order chi connectivity index (χ1) is 21.1. The maximum Gasteiger partial charge on any atom is 0.433 e. The number of nitrogens with zero attached hydrogens (tertiary/aromatic N) is 5. The monoisotopic (exact) mass is 629 g/mol. The lowest BCUT2D eigenvalue weighted by Crippen LogP contribution is -2.47. The standard InChI is InChI=1S/C32H37ClF3N5.CH2O2/c1-22-19-37-41(30(22)32(34,35)36)27-3-2-12-40(21-27)29-17-25(33)6-9-28(29)23-4-7-26(8-5-23)39-15-13-38(14-16-39)20-24-18-31(24)10-11-31;2-1-3/h4-9,17,19,24,27H,2-3,10-16,18,20-21H2,1H3;1H,(H,2,3). The lowest BCUT2D eigenvalue weighted by molar-refractivity contribution is -0.145. The van der Waals surface area contributed by atoms with Gasteiger partial charge in [-0.15, -0.1) is 0 Å². The Kier molecular flexibility index (Phi) is 8.58. The molecule has 44 heavy (non-hydrogen) atoms. The van der Waals surface area contributed by atoms with Gasteiger partial charge in [-0.05, 0) is 85.8 Å². The van der Waals surface area contributed by atoms with Crippen molar-refractivity contribution in [1.29, 1.82) is 0 Å². The third kappa shape index (κ3) is 6.42. The van der Waals surface area contributed by atoms with Crippen molar-refractivity contribution in [3.63, 3.8) is 0 Å². The zero-order valence-corrected chi connectivity index (χ0v) is 25.7. The van der Waals surface area contributed by atoms with Crippen LogP contribution in [-0.2, 0) is 11.0 Å². The van der Waals surface area contributed by atoms with Crippen LogP contribution in [0.3, 0.4) is 0 Å². The number of hydrogen-bond acceptors (Lipinski definition) is 5. The van der Waals surface area contributed by atoms with Crippen LogP contribution in [0.15, 0.2) is 48.7 Å². The van der Waals surface area contributed by atoms with E-state index in [-0.39, 0.29) is 18.1 Å². The lowest BCUT2D eigenvalue weighted by Gasteiger charge is -2.37. The average molecular weight is 630 g/mol. The Morgan fingerprint density at radius 2 is 1.75 bits per heavy atom. The first kappa shape index (κ1) is 30.8. The van der Waals surface area contributed by atoms with Crippen LogP contribution in [0.4, 0.5) is 24.5 Å². The number of hydrogen-bond donors (Lipinski definition) is 1. The third-order valence-electron chi connectivity index (χ3n) is 9.94. The summed E-state index contributed by atoms with van der Waals surface area (Å²) in [5.41, 5.74) is 4.59. The van der Waals surface area contributed by atoms with Crippen molar-refractivity contribution in [3.8, 4) is 11.1 Å². The fourth-order valence-corrected chi connectivity index (χ4v) is 7.44. The summed E-state index contributed by atoms with van der Waals surface area (Å²) in [5.74, 6) is 0.951. The fourth-order valence-electron chi connectivity index (χ4n) is 7.28. The molecule has 0 radical (unpaired) electrons. The molecule has 4 fully saturated rings. The van der Waals surface area contributed by atoms with Gasteiger partial charge in [-0.2, -0.15) is 18.3 Å². The molecule has 4 aliphatic rings. The molecule has 0 amide bonds. The Hall–Kier alpha value is -3.24. The molecule has 2 atom stereocenters. The Morgan fingerprint density at radius 1 is 1.05 bits per heavy atom. The van der Waals surface area contributed by atoms with Gasteiger partial charge in [-0.1, -0.05) is 29.8 Å². The maximum atomic E-state index is 13.8. The lowest BCUT2D eigenvalue weighted by atomic mass is 9.99. The average Bonchev–Trinajstić information content (AvgIpc) is 3.89. The molecule has 2 aliphatic carbocycles. The van der Waals surface area contributed by atoms with Crippen molar-refractivity contribution in [2.45, 2.75) is 51.2 Å². The van der Waals surface area contributed by atoms with Crippen LogP contribution in [0.2, 0.25) is 5.02 Å². The van der Waals surface area contributed by atoms with Gasteiger partial charge >= 0.3 is 6.18 Å².